The summed E-state index contributed by atoms with van der Waals surface area (Å²) in [6.07, 6.45) is 3.02. The van der Waals surface area contributed by atoms with Crippen LogP contribution in [0.25, 0.3) is 0 Å². The first-order valence-corrected chi connectivity index (χ1v) is 7.51. The van der Waals surface area contributed by atoms with Crippen molar-refractivity contribution in [3.63, 3.8) is 0 Å². The number of hydrogen-bond acceptors (Lipinski definition) is 4. The van der Waals surface area contributed by atoms with Crippen molar-refractivity contribution in [2.75, 3.05) is 13.2 Å². The molecule has 1 aliphatic heterocycles. The molecule has 1 aromatic rings. The second-order valence-corrected chi connectivity index (χ2v) is 5.58. The average molecular weight is 300 g/mol. The van der Waals surface area contributed by atoms with Crippen LogP contribution < -0.4 is 0 Å². The van der Waals surface area contributed by atoms with Gasteiger partial charge in [-0.05, 0) is 33.2 Å². The molecule has 0 bridgehead atoms. The molecule has 0 radical (unpaired) electrons. The summed E-state index contributed by atoms with van der Waals surface area (Å²) in [5.41, 5.74) is 1.79. The Bertz CT molecular complexity index is 487. The van der Waals surface area contributed by atoms with Gasteiger partial charge < -0.3 is 4.74 Å². The Hall–Kier alpha value is -1.07. The Balaban J connectivity index is 2.14. The predicted octanol–water partition coefficient (Wildman–Crippen LogP) is 2.30. The normalized spacial score (nSPS) is 20.1. The van der Waals surface area contributed by atoms with Gasteiger partial charge >= 0.3 is 5.97 Å². The van der Waals surface area contributed by atoms with Gasteiger partial charge in [0.2, 0.25) is 0 Å². The maximum Gasteiger partial charge on any atom is 0.323 e. The van der Waals surface area contributed by atoms with Crippen molar-refractivity contribution in [2.24, 2.45) is 7.05 Å². The molecule has 1 saturated heterocycles. The van der Waals surface area contributed by atoms with Crippen molar-refractivity contribution in [1.29, 1.82) is 0 Å². The van der Waals surface area contributed by atoms with E-state index >= 15 is 0 Å². The molecule has 2 rings (SSSR count). The number of aromatic nitrogens is 2. The van der Waals surface area contributed by atoms with Crippen LogP contribution in [0.15, 0.2) is 0 Å². The Morgan fingerprint density at radius 2 is 2.25 bits per heavy atom. The molecule has 0 aromatic carbocycles. The lowest BCUT2D eigenvalue weighted by Gasteiger charge is -2.33. The largest absolute Gasteiger partial charge is 0.465 e. The van der Waals surface area contributed by atoms with Gasteiger partial charge in [-0.2, -0.15) is 5.10 Å². The smallest absolute Gasteiger partial charge is 0.323 e. The van der Waals surface area contributed by atoms with Crippen molar-refractivity contribution in [2.45, 2.75) is 45.7 Å². The van der Waals surface area contributed by atoms with Crippen LogP contribution in [-0.2, 0) is 23.1 Å². The van der Waals surface area contributed by atoms with E-state index in [4.69, 9.17) is 16.3 Å². The Kier molecular flexibility index (Phi) is 5.05. The van der Waals surface area contributed by atoms with Gasteiger partial charge in [0, 0.05) is 13.6 Å². The highest BCUT2D eigenvalue weighted by Crippen LogP contribution is 2.25. The molecule has 0 saturated carbocycles. The number of aryl methyl sites for hydroxylation is 2. The third kappa shape index (κ3) is 3.15. The fraction of sp³-hybridized carbons (Fsp3) is 0.714. The van der Waals surface area contributed by atoms with Crippen LogP contribution in [0.1, 0.15) is 37.6 Å². The van der Waals surface area contributed by atoms with Gasteiger partial charge in [-0.1, -0.05) is 18.0 Å². The monoisotopic (exact) mass is 299 g/mol. The SMILES string of the molecule is CCOC(=O)C1CCCCN1Cc1c(Cl)c(C)nn1C. The molecule has 2 heterocycles. The zero-order valence-electron chi connectivity index (χ0n) is 12.4. The number of piperidine rings is 1. The van der Waals surface area contributed by atoms with Crippen LogP contribution in [0, 0.1) is 6.92 Å². The van der Waals surface area contributed by atoms with Gasteiger partial charge in [-0.15, -0.1) is 0 Å². The van der Waals surface area contributed by atoms with E-state index in [1.54, 1.807) is 4.68 Å². The van der Waals surface area contributed by atoms with E-state index in [2.05, 4.69) is 10.00 Å². The number of carbonyl (C=O) groups excluding carboxylic acids is 1. The summed E-state index contributed by atoms with van der Waals surface area (Å²) >= 11 is 6.30. The van der Waals surface area contributed by atoms with E-state index in [1.807, 2.05) is 20.9 Å². The van der Waals surface area contributed by atoms with Gasteiger partial charge in [0.25, 0.3) is 0 Å². The molecule has 5 nitrogen and oxygen atoms in total. The topological polar surface area (TPSA) is 47.4 Å². The van der Waals surface area contributed by atoms with Crippen molar-refractivity contribution in [3.05, 3.63) is 16.4 Å². The number of hydrogen-bond donors (Lipinski definition) is 0. The molecule has 6 heteroatoms. The number of rotatable bonds is 4. The summed E-state index contributed by atoms with van der Waals surface area (Å²) in [6.45, 7) is 5.69. The Morgan fingerprint density at radius 3 is 2.85 bits per heavy atom. The summed E-state index contributed by atoms with van der Waals surface area (Å²) in [7, 11) is 1.89. The maximum absolute atomic E-state index is 12.1. The van der Waals surface area contributed by atoms with Crippen LogP contribution in [0.5, 0.6) is 0 Å². The number of nitrogens with zero attached hydrogens (tertiary/aromatic N) is 3. The molecule has 20 heavy (non-hydrogen) atoms. The third-order valence-electron chi connectivity index (χ3n) is 3.79. The molecular weight excluding hydrogens is 278 g/mol. The first-order chi connectivity index (χ1) is 9.54. The van der Waals surface area contributed by atoms with Gasteiger partial charge in [-0.3, -0.25) is 14.4 Å². The highest BCUT2D eigenvalue weighted by Gasteiger charge is 2.31. The molecule has 0 aliphatic carbocycles. The second-order valence-electron chi connectivity index (χ2n) is 5.20. The van der Waals surface area contributed by atoms with Crippen molar-refractivity contribution >= 4 is 17.6 Å². The third-order valence-corrected chi connectivity index (χ3v) is 4.28. The number of esters is 1. The van der Waals surface area contributed by atoms with Crippen molar-refractivity contribution in [1.82, 2.24) is 14.7 Å². The minimum atomic E-state index is -0.157. The van der Waals surface area contributed by atoms with Gasteiger partial charge in [0.05, 0.1) is 23.0 Å². The average Bonchev–Trinajstić information content (AvgIpc) is 2.66. The summed E-state index contributed by atoms with van der Waals surface area (Å²) in [4.78, 5) is 14.2. The molecule has 0 amide bonds. The number of likely N-dealkylation sites (tertiary alicyclic amines) is 1. The quantitative estimate of drug-likeness (QED) is 0.801. The number of ether oxygens (including phenoxy) is 1. The van der Waals surface area contributed by atoms with Crippen LogP contribution in [-0.4, -0.2) is 39.8 Å². The standard InChI is InChI=1S/C14H22ClN3O2/c1-4-20-14(19)11-7-5-6-8-18(11)9-12-13(15)10(2)16-17(12)3/h11H,4-9H2,1-3H3. The fourth-order valence-electron chi connectivity index (χ4n) is 2.73. The molecule has 0 N–H and O–H groups in total. The van der Waals surface area contributed by atoms with E-state index in [0.717, 1.165) is 37.2 Å². The van der Waals surface area contributed by atoms with Gasteiger partial charge in [-0.25, -0.2) is 0 Å². The highest BCUT2D eigenvalue weighted by molar-refractivity contribution is 6.31. The van der Waals surface area contributed by atoms with Crippen LogP contribution in [0.3, 0.4) is 0 Å². The molecular formula is C14H22ClN3O2. The van der Waals surface area contributed by atoms with E-state index < -0.39 is 0 Å². The van der Waals surface area contributed by atoms with Crippen molar-refractivity contribution in [3.8, 4) is 0 Å². The fourth-order valence-corrected chi connectivity index (χ4v) is 2.95. The number of halogens is 1. The van der Waals surface area contributed by atoms with Crippen molar-refractivity contribution < 1.29 is 9.53 Å². The lowest BCUT2D eigenvalue weighted by atomic mass is 10.0. The van der Waals surface area contributed by atoms with Gasteiger partial charge in [0.1, 0.15) is 6.04 Å². The minimum absolute atomic E-state index is 0.123. The Morgan fingerprint density at radius 1 is 1.50 bits per heavy atom. The minimum Gasteiger partial charge on any atom is -0.465 e. The van der Waals surface area contributed by atoms with Crippen LogP contribution in [0.2, 0.25) is 5.02 Å². The summed E-state index contributed by atoms with van der Waals surface area (Å²) in [6, 6.07) is -0.157. The Labute approximate surface area is 124 Å². The summed E-state index contributed by atoms with van der Waals surface area (Å²) in [5.74, 6) is -0.123. The predicted molar refractivity (Wildman–Crippen MR) is 77.6 cm³/mol. The lowest BCUT2D eigenvalue weighted by molar-refractivity contribution is -0.151. The molecule has 0 spiro atoms. The first kappa shape index (κ1) is 15.3. The highest BCUT2D eigenvalue weighted by atomic mass is 35.5. The van der Waals surface area contributed by atoms with Gasteiger partial charge in [0.15, 0.2) is 0 Å². The summed E-state index contributed by atoms with van der Waals surface area (Å²) < 4.78 is 6.98. The van der Waals surface area contributed by atoms with E-state index in [0.29, 0.717) is 18.2 Å². The molecule has 1 unspecified atom stereocenters. The van der Waals surface area contributed by atoms with Crippen LogP contribution >= 0.6 is 11.6 Å². The molecule has 1 fully saturated rings. The number of carbonyl (C=O) groups is 1. The van der Waals surface area contributed by atoms with E-state index in [1.165, 1.54) is 0 Å². The van der Waals surface area contributed by atoms with E-state index in [9.17, 15) is 4.79 Å². The van der Waals surface area contributed by atoms with Crippen LogP contribution in [0.4, 0.5) is 0 Å². The zero-order valence-corrected chi connectivity index (χ0v) is 13.1. The molecule has 1 aromatic heterocycles. The first-order valence-electron chi connectivity index (χ1n) is 7.13. The zero-order chi connectivity index (χ0) is 14.7. The molecule has 1 atom stereocenters. The summed E-state index contributed by atoms with van der Waals surface area (Å²) in [5, 5.41) is 5.02. The molecule has 1 aliphatic rings. The molecule has 112 valence electrons. The second kappa shape index (κ2) is 6.59. The van der Waals surface area contributed by atoms with E-state index in [-0.39, 0.29) is 12.0 Å². The maximum atomic E-state index is 12.1. The lowest BCUT2D eigenvalue weighted by Crippen LogP contribution is -2.45.